The molecule has 1 N–H and O–H groups in total. The molecule has 0 bridgehead atoms. The standard InChI is InChI=1S/C23H25ClN2O5S/c1-7-30-23(28)19-13(4)14(5)32-22(19)26-21(27)16(11-25)8-15-9-17(24)20(31-12(2)3)18(10-15)29-6/h8-10,12H,7H2,1-6H3,(H,26,27)/b16-8+. The van der Waals surface area contributed by atoms with Gasteiger partial charge in [0.25, 0.3) is 5.91 Å². The summed E-state index contributed by atoms with van der Waals surface area (Å²) < 4.78 is 16.1. The molecule has 1 aromatic carbocycles. The molecule has 7 nitrogen and oxygen atoms in total. The fourth-order valence-corrected chi connectivity index (χ4v) is 4.13. The number of rotatable bonds is 8. The lowest BCUT2D eigenvalue weighted by Crippen LogP contribution is -2.16. The summed E-state index contributed by atoms with van der Waals surface area (Å²) in [4.78, 5) is 26.0. The SMILES string of the molecule is CCOC(=O)c1c(NC(=O)/C(C#N)=C/c2cc(Cl)c(OC(C)C)c(OC)c2)sc(C)c1C. The van der Waals surface area contributed by atoms with Crippen LogP contribution < -0.4 is 14.8 Å². The Labute approximate surface area is 196 Å². The van der Waals surface area contributed by atoms with E-state index in [9.17, 15) is 14.9 Å². The topological polar surface area (TPSA) is 97.7 Å². The third-order valence-corrected chi connectivity index (χ3v) is 5.78. The number of ether oxygens (including phenoxy) is 3. The maximum absolute atomic E-state index is 12.8. The number of nitrogens with one attached hydrogen (secondary N) is 1. The molecule has 0 unspecified atom stereocenters. The Morgan fingerprint density at radius 1 is 1.31 bits per heavy atom. The summed E-state index contributed by atoms with van der Waals surface area (Å²) in [6.45, 7) is 9.26. The first kappa shape index (κ1) is 25.2. The molecule has 32 heavy (non-hydrogen) atoms. The summed E-state index contributed by atoms with van der Waals surface area (Å²) in [6, 6.07) is 5.09. The number of benzene rings is 1. The molecule has 1 aromatic heterocycles. The van der Waals surface area contributed by atoms with Gasteiger partial charge < -0.3 is 19.5 Å². The van der Waals surface area contributed by atoms with Crippen LogP contribution in [0.2, 0.25) is 5.02 Å². The second kappa shape index (κ2) is 11.0. The predicted molar refractivity (Wildman–Crippen MR) is 126 cm³/mol. The van der Waals surface area contributed by atoms with Crippen molar-refractivity contribution in [3.8, 4) is 17.6 Å². The normalized spacial score (nSPS) is 11.2. The van der Waals surface area contributed by atoms with Gasteiger partial charge in [-0.1, -0.05) is 11.6 Å². The highest BCUT2D eigenvalue weighted by Gasteiger charge is 2.23. The largest absolute Gasteiger partial charge is 0.493 e. The van der Waals surface area contributed by atoms with Gasteiger partial charge in [-0.25, -0.2) is 4.79 Å². The molecule has 0 radical (unpaired) electrons. The van der Waals surface area contributed by atoms with E-state index in [4.69, 9.17) is 25.8 Å². The lowest BCUT2D eigenvalue weighted by molar-refractivity contribution is -0.112. The Hall–Kier alpha value is -3.02. The molecule has 0 aliphatic heterocycles. The van der Waals surface area contributed by atoms with Crippen LogP contribution in [0, 0.1) is 25.2 Å². The van der Waals surface area contributed by atoms with Crippen molar-refractivity contribution in [2.45, 2.75) is 40.7 Å². The minimum absolute atomic E-state index is 0.116. The van der Waals surface area contributed by atoms with Gasteiger partial charge in [-0.05, 0) is 64.0 Å². The van der Waals surface area contributed by atoms with Gasteiger partial charge in [0.2, 0.25) is 0 Å². The van der Waals surface area contributed by atoms with E-state index in [0.717, 1.165) is 10.4 Å². The van der Waals surface area contributed by atoms with Crippen molar-refractivity contribution in [2.24, 2.45) is 0 Å². The predicted octanol–water partition coefficient (Wildman–Crippen LogP) is 5.54. The molecule has 2 aromatic rings. The zero-order valence-corrected chi connectivity index (χ0v) is 20.4. The molecule has 0 aliphatic rings. The van der Waals surface area contributed by atoms with Gasteiger partial charge in [-0.15, -0.1) is 11.3 Å². The van der Waals surface area contributed by atoms with Crippen LogP contribution in [-0.4, -0.2) is 31.7 Å². The molecular weight excluding hydrogens is 452 g/mol. The Kier molecular flexibility index (Phi) is 8.70. The van der Waals surface area contributed by atoms with Crippen molar-refractivity contribution in [3.05, 3.63) is 44.3 Å². The number of methoxy groups -OCH3 is 1. The lowest BCUT2D eigenvalue weighted by atomic mass is 10.1. The number of halogens is 1. The van der Waals surface area contributed by atoms with Crippen LogP contribution in [0.15, 0.2) is 17.7 Å². The van der Waals surface area contributed by atoms with E-state index in [1.807, 2.05) is 26.8 Å². The summed E-state index contributed by atoms with van der Waals surface area (Å²) in [5.74, 6) is -0.418. The summed E-state index contributed by atoms with van der Waals surface area (Å²) in [7, 11) is 1.47. The molecule has 1 heterocycles. The molecule has 170 valence electrons. The number of esters is 1. The minimum atomic E-state index is -0.656. The summed E-state index contributed by atoms with van der Waals surface area (Å²) in [5, 5.41) is 12.9. The molecule has 0 saturated heterocycles. The molecule has 0 spiro atoms. The van der Waals surface area contributed by atoms with Crippen molar-refractivity contribution in [1.82, 2.24) is 0 Å². The molecule has 9 heteroatoms. The van der Waals surface area contributed by atoms with Gasteiger partial charge in [0, 0.05) is 4.88 Å². The van der Waals surface area contributed by atoms with E-state index in [1.165, 1.54) is 24.5 Å². The zero-order chi connectivity index (χ0) is 24.0. The first-order valence-electron chi connectivity index (χ1n) is 9.87. The average Bonchev–Trinajstić information content (AvgIpc) is 3.00. The number of carbonyl (C=O) groups excluding carboxylic acids is 2. The maximum atomic E-state index is 12.8. The van der Waals surface area contributed by atoms with Crippen molar-refractivity contribution in [1.29, 1.82) is 5.26 Å². The Balaban J connectivity index is 2.39. The smallest absolute Gasteiger partial charge is 0.341 e. The summed E-state index contributed by atoms with van der Waals surface area (Å²) >= 11 is 7.58. The second-order valence-electron chi connectivity index (χ2n) is 7.03. The number of aryl methyl sites for hydroxylation is 1. The fourth-order valence-electron chi connectivity index (χ4n) is 2.82. The van der Waals surface area contributed by atoms with Crippen molar-refractivity contribution >= 4 is 45.9 Å². The highest BCUT2D eigenvalue weighted by atomic mass is 35.5. The number of carbonyl (C=O) groups is 2. The number of amides is 1. The Morgan fingerprint density at radius 3 is 2.56 bits per heavy atom. The van der Waals surface area contributed by atoms with E-state index in [1.54, 1.807) is 26.0 Å². The first-order chi connectivity index (χ1) is 15.1. The monoisotopic (exact) mass is 476 g/mol. The number of anilines is 1. The zero-order valence-electron chi connectivity index (χ0n) is 18.8. The number of nitrogens with zero attached hydrogens (tertiary/aromatic N) is 1. The van der Waals surface area contributed by atoms with Crippen LogP contribution >= 0.6 is 22.9 Å². The summed E-state index contributed by atoms with van der Waals surface area (Å²) in [5.41, 5.74) is 1.33. The molecule has 1 amide bonds. The second-order valence-corrected chi connectivity index (χ2v) is 8.66. The molecule has 0 atom stereocenters. The van der Waals surface area contributed by atoms with E-state index in [0.29, 0.717) is 27.6 Å². The van der Waals surface area contributed by atoms with Crippen molar-refractivity contribution in [2.75, 3.05) is 19.0 Å². The van der Waals surface area contributed by atoms with Crippen LogP contribution in [0.5, 0.6) is 11.5 Å². The minimum Gasteiger partial charge on any atom is -0.493 e. The van der Waals surface area contributed by atoms with E-state index >= 15 is 0 Å². The molecular formula is C23H25ClN2O5S. The van der Waals surface area contributed by atoms with Gasteiger partial charge in [-0.3, -0.25) is 4.79 Å². The maximum Gasteiger partial charge on any atom is 0.341 e. The average molecular weight is 477 g/mol. The lowest BCUT2D eigenvalue weighted by Gasteiger charge is -2.15. The Bertz CT molecular complexity index is 1100. The van der Waals surface area contributed by atoms with Crippen LogP contribution in [0.3, 0.4) is 0 Å². The first-order valence-corrected chi connectivity index (χ1v) is 11.1. The highest BCUT2D eigenvalue weighted by Crippen LogP contribution is 2.38. The summed E-state index contributed by atoms with van der Waals surface area (Å²) in [6.07, 6.45) is 1.27. The molecule has 0 aliphatic carbocycles. The van der Waals surface area contributed by atoms with Gasteiger partial charge in [0.1, 0.15) is 16.6 Å². The van der Waals surface area contributed by atoms with Crippen molar-refractivity contribution in [3.63, 3.8) is 0 Å². The van der Waals surface area contributed by atoms with Crippen LogP contribution in [-0.2, 0) is 9.53 Å². The van der Waals surface area contributed by atoms with E-state index in [2.05, 4.69) is 5.32 Å². The number of thiophene rings is 1. The molecule has 0 fully saturated rings. The van der Waals surface area contributed by atoms with Gasteiger partial charge in [-0.2, -0.15) is 5.26 Å². The van der Waals surface area contributed by atoms with Gasteiger partial charge >= 0.3 is 5.97 Å². The molecule has 0 saturated carbocycles. The van der Waals surface area contributed by atoms with Crippen LogP contribution in [0.4, 0.5) is 5.00 Å². The highest BCUT2D eigenvalue weighted by molar-refractivity contribution is 7.16. The quantitative estimate of drug-likeness (QED) is 0.305. The van der Waals surface area contributed by atoms with Gasteiger partial charge in [0.05, 0.1) is 30.4 Å². The number of hydrogen-bond acceptors (Lipinski definition) is 7. The Morgan fingerprint density at radius 2 is 2.00 bits per heavy atom. The van der Waals surface area contributed by atoms with Crippen LogP contribution in [0.1, 0.15) is 47.1 Å². The van der Waals surface area contributed by atoms with E-state index in [-0.39, 0.29) is 23.3 Å². The number of hydrogen-bond donors (Lipinski definition) is 1. The molecule has 2 rings (SSSR count). The third kappa shape index (κ3) is 5.81. The number of nitriles is 1. The third-order valence-electron chi connectivity index (χ3n) is 4.37. The fraction of sp³-hybridized carbons (Fsp3) is 0.348. The van der Waals surface area contributed by atoms with Crippen LogP contribution in [0.25, 0.3) is 6.08 Å². The van der Waals surface area contributed by atoms with E-state index < -0.39 is 11.9 Å². The van der Waals surface area contributed by atoms with Gasteiger partial charge in [0.15, 0.2) is 11.5 Å². The van der Waals surface area contributed by atoms with Crippen molar-refractivity contribution < 1.29 is 23.8 Å².